The first-order valence-corrected chi connectivity index (χ1v) is 8.74. The van der Waals surface area contributed by atoms with Gasteiger partial charge in [0.25, 0.3) is 0 Å². The summed E-state index contributed by atoms with van der Waals surface area (Å²) in [5, 5.41) is 6.98. The van der Waals surface area contributed by atoms with Crippen molar-refractivity contribution in [2.45, 2.75) is 45.6 Å². The van der Waals surface area contributed by atoms with E-state index >= 15 is 0 Å². The minimum absolute atomic E-state index is 0.0582. The summed E-state index contributed by atoms with van der Waals surface area (Å²) in [6.45, 7) is 4.54. The van der Waals surface area contributed by atoms with E-state index in [-0.39, 0.29) is 12.5 Å². The Kier molecular flexibility index (Phi) is 6.39. The van der Waals surface area contributed by atoms with Crippen LogP contribution in [0.15, 0.2) is 24.3 Å². The van der Waals surface area contributed by atoms with Crippen LogP contribution < -0.4 is 10.6 Å². The lowest BCUT2D eigenvalue weighted by Gasteiger charge is -2.32. The molecule has 2 N–H and O–H groups in total. The zero-order valence-electron chi connectivity index (χ0n) is 14.3. The number of benzene rings is 1. The maximum atomic E-state index is 12.1. The highest BCUT2D eigenvalue weighted by molar-refractivity contribution is 7.80. The van der Waals surface area contributed by atoms with Gasteiger partial charge in [0, 0.05) is 18.8 Å². The second-order valence-corrected chi connectivity index (χ2v) is 6.97. The average Bonchev–Trinajstić information content (AvgIpc) is 2.51. The van der Waals surface area contributed by atoms with Crippen molar-refractivity contribution in [2.24, 2.45) is 5.92 Å². The molecule has 1 aliphatic rings. The van der Waals surface area contributed by atoms with E-state index in [1.54, 1.807) is 4.90 Å². The lowest BCUT2D eigenvalue weighted by atomic mass is 9.86. The Bertz CT molecular complexity index is 544. The summed E-state index contributed by atoms with van der Waals surface area (Å²) in [6, 6.07) is 8.21. The van der Waals surface area contributed by atoms with Crippen LogP contribution in [0.5, 0.6) is 0 Å². The van der Waals surface area contributed by atoms with Gasteiger partial charge in [-0.15, -0.1) is 0 Å². The van der Waals surface area contributed by atoms with Gasteiger partial charge in [-0.2, -0.15) is 0 Å². The second kappa shape index (κ2) is 8.29. The zero-order valence-corrected chi connectivity index (χ0v) is 15.1. The number of hydrogen-bond acceptors (Lipinski definition) is 2. The molecule has 2 atom stereocenters. The number of hydrogen-bond donors (Lipinski definition) is 2. The van der Waals surface area contributed by atoms with Crippen molar-refractivity contribution in [2.75, 3.05) is 18.9 Å². The fraction of sp³-hybridized carbons (Fsp3) is 0.556. The minimum Gasteiger partial charge on any atom is -0.360 e. The van der Waals surface area contributed by atoms with E-state index in [9.17, 15) is 4.79 Å². The molecule has 1 aromatic carbocycles. The Morgan fingerprint density at radius 3 is 2.57 bits per heavy atom. The van der Waals surface area contributed by atoms with Crippen LogP contribution in [-0.4, -0.2) is 35.6 Å². The van der Waals surface area contributed by atoms with Gasteiger partial charge >= 0.3 is 0 Å². The summed E-state index contributed by atoms with van der Waals surface area (Å²) in [5.74, 6) is 0.577. The third kappa shape index (κ3) is 5.50. The van der Waals surface area contributed by atoms with Crippen molar-refractivity contribution in [1.82, 2.24) is 10.2 Å². The van der Waals surface area contributed by atoms with Crippen LogP contribution in [0.4, 0.5) is 5.69 Å². The third-order valence-corrected chi connectivity index (χ3v) is 4.91. The molecule has 1 aromatic rings. The number of aryl methyl sites for hydroxylation is 1. The number of amides is 1. The van der Waals surface area contributed by atoms with E-state index in [1.165, 1.54) is 24.8 Å². The number of anilines is 1. The molecule has 1 amide bonds. The highest BCUT2D eigenvalue weighted by Crippen LogP contribution is 2.23. The van der Waals surface area contributed by atoms with E-state index < -0.39 is 0 Å². The SMILES string of the molecule is Cc1ccc(NC(=O)CN(C)C(=S)N[C@H]2CCCC[C@@H]2C)cc1. The lowest BCUT2D eigenvalue weighted by molar-refractivity contribution is -0.116. The van der Waals surface area contributed by atoms with Gasteiger partial charge in [-0.1, -0.05) is 37.5 Å². The van der Waals surface area contributed by atoms with E-state index in [4.69, 9.17) is 12.2 Å². The summed E-state index contributed by atoms with van der Waals surface area (Å²) >= 11 is 5.45. The van der Waals surface area contributed by atoms with E-state index in [2.05, 4.69) is 17.6 Å². The van der Waals surface area contributed by atoms with Crippen molar-refractivity contribution in [3.8, 4) is 0 Å². The van der Waals surface area contributed by atoms with Crippen molar-refractivity contribution < 1.29 is 4.79 Å². The largest absolute Gasteiger partial charge is 0.360 e. The number of nitrogens with zero attached hydrogens (tertiary/aromatic N) is 1. The van der Waals surface area contributed by atoms with Gasteiger partial charge in [-0.05, 0) is 50.0 Å². The molecule has 0 spiro atoms. The lowest BCUT2D eigenvalue weighted by Crippen LogP contribution is -2.48. The number of thiocarbonyl (C=S) groups is 1. The number of carbonyl (C=O) groups is 1. The van der Waals surface area contributed by atoms with Crippen LogP contribution in [-0.2, 0) is 4.79 Å². The van der Waals surface area contributed by atoms with Gasteiger partial charge in [-0.25, -0.2) is 0 Å². The van der Waals surface area contributed by atoms with Gasteiger partial charge < -0.3 is 15.5 Å². The molecule has 0 saturated heterocycles. The van der Waals surface area contributed by atoms with Crippen LogP contribution in [0.25, 0.3) is 0 Å². The molecule has 0 aliphatic heterocycles. The molecule has 126 valence electrons. The molecule has 5 heteroatoms. The molecule has 0 aromatic heterocycles. The first-order valence-electron chi connectivity index (χ1n) is 8.34. The normalized spacial score (nSPS) is 20.7. The summed E-state index contributed by atoms with van der Waals surface area (Å²) in [5.41, 5.74) is 1.99. The molecule has 0 unspecified atom stereocenters. The maximum Gasteiger partial charge on any atom is 0.243 e. The van der Waals surface area contributed by atoms with E-state index in [0.717, 1.165) is 12.1 Å². The molecule has 23 heavy (non-hydrogen) atoms. The second-order valence-electron chi connectivity index (χ2n) is 6.59. The molecule has 0 radical (unpaired) electrons. The minimum atomic E-state index is -0.0582. The molecule has 2 rings (SSSR count). The van der Waals surface area contributed by atoms with Gasteiger partial charge in [0.05, 0.1) is 6.54 Å². The number of rotatable bonds is 4. The monoisotopic (exact) mass is 333 g/mol. The molecule has 1 aliphatic carbocycles. The first kappa shape index (κ1) is 17.7. The topological polar surface area (TPSA) is 44.4 Å². The number of likely N-dealkylation sites (N-methyl/N-ethyl adjacent to an activating group) is 1. The van der Waals surface area contributed by atoms with Crippen molar-refractivity contribution in [3.63, 3.8) is 0 Å². The summed E-state index contributed by atoms with van der Waals surface area (Å²) in [4.78, 5) is 13.9. The maximum absolute atomic E-state index is 12.1. The van der Waals surface area contributed by atoms with Crippen LogP contribution in [0.1, 0.15) is 38.2 Å². The molecule has 0 heterocycles. The molecule has 4 nitrogen and oxygen atoms in total. The van der Waals surface area contributed by atoms with Crippen LogP contribution >= 0.6 is 12.2 Å². The Labute approximate surface area is 144 Å². The predicted octanol–water partition coefficient (Wildman–Crippen LogP) is 3.32. The molecule has 1 fully saturated rings. The van der Waals surface area contributed by atoms with E-state index in [1.807, 2.05) is 38.2 Å². The van der Waals surface area contributed by atoms with Crippen LogP contribution in [0.3, 0.4) is 0 Å². The van der Waals surface area contributed by atoms with Crippen LogP contribution in [0, 0.1) is 12.8 Å². The highest BCUT2D eigenvalue weighted by atomic mass is 32.1. The Morgan fingerprint density at radius 2 is 1.91 bits per heavy atom. The zero-order chi connectivity index (χ0) is 16.8. The Balaban J connectivity index is 1.80. The van der Waals surface area contributed by atoms with Crippen LogP contribution in [0.2, 0.25) is 0 Å². The summed E-state index contributed by atoms with van der Waals surface area (Å²) in [7, 11) is 1.86. The van der Waals surface area contributed by atoms with Gasteiger partial charge in [0.2, 0.25) is 5.91 Å². The van der Waals surface area contributed by atoms with E-state index in [0.29, 0.717) is 17.1 Å². The third-order valence-electron chi connectivity index (χ3n) is 4.48. The predicted molar refractivity (Wildman–Crippen MR) is 99.6 cm³/mol. The molecule has 0 bridgehead atoms. The first-order chi connectivity index (χ1) is 11.0. The standard InChI is InChI=1S/C18H27N3OS/c1-13-8-10-15(11-9-13)19-17(22)12-21(3)18(23)20-16-7-5-4-6-14(16)2/h8-11,14,16H,4-7,12H2,1-3H3,(H,19,22)(H,20,23)/t14-,16-/m0/s1. The molecule has 1 saturated carbocycles. The average molecular weight is 334 g/mol. The smallest absolute Gasteiger partial charge is 0.243 e. The quantitative estimate of drug-likeness (QED) is 0.830. The summed E-state index contributed by atoms with van der Waals surface area (Å²) < 4.78 is 0. The van der Waals surface area contributed by atoms with Crippen molar-refractivity contribution in [1.29, 1.82) is 0 Å². The molecular formula is C18H27N3OS. The van der Waals surface area contributed by atoms with Crippen molar-refractivity contribution >= 4 is 28.9 Å². The Morgan fingerprint density at radius 1 is 1.26 bits per heavy atom. The summed E-state index contributed by atoms with van der Waals surface area (Å²) in [6.07, 6.45) is 4.96. The number of nitrogens with one attached hydrogen (secondary N) is 2. The van der Waals surface area contributed by atoms with Gasteiger partial charge in [0.15, 0.2) is 5.11 Å². The van der Waals surface area contributed by atoms with Gasteiger partial charge in [0.1, 0.15) is 0 Å². The fourth-order valence-electron chi connectivity index (χ4n) is 2.92. The molecular weight excluding hydrogens is 306 g/mol. The fourth-order valence-corrected chi connectivity index (χ4v) is 3.14. The number of carbonyl (C=O) groups excluding carboxylic acids is 1. The van der Waals surface area contributed by atoms with Crippen molar-refractivity contribution in [3.05, 3.63) is 29.8 Å². The van der Waals surface area contributed by atoms with Gasteiger partial charge in [-0.3, -0.25) is 4.79 Å². The Hall–Kier alpha value is -1.62. The highest BCUT2D eigenvalue weighted by Gasteiger charge is 2.23.